The van der Waals surface area contributed by atoms with Gasteiger partial charge in [-0.2, -0.15) is 10.2 Å². The average molecular weight is 372 g/mol. The van der Waals surface area contributed by atoms with Crippen molar-refractivity contribution >= 4 is 46.6 Å². The smallest absolute Gasteiger partial charge is 0.184 e. The number of nitrogens with zero attached hydrogens (tertiary/aromatic N) is 2. The van der Waals surface area contributed by atoms with E-state index in [1.807, 2.05) is 0 Å². The third-order valence-electron chi connectivity index (χ3n) is 1.79. The van der Waals surface area contributed by atoms with Crippen LogP contribution in [0.15, 0.2) is 10.2 Å². The van der Waals surface area contributed by atoms with Crippen LogP contribution in [0.25, 0.3) is 0 Å². The fourth-order valence-corrected chi connectivity index (χ4v) is 0.990. The van der Waals surface area contributed by atoms with Gasteiger partial charge in [-0.1, -0.05) is 0 Å². The van der Waals surface area contributed by atoms with Gasteiger partial charge in [0.25, 0.3) is 0 Å². The molecule has 12 heteroatoms. The van der Waals surface area contributed by atoms with Gasteiger partial charge < -0.3 is 26.8 Å². The Bertz CT molecular complexity index is 392. The number of rotatable bonds is 6. The third kappa shape index (κ3) is 9.09. The van der Waals surface area contributed by atoms with E-state index in [0.29, 0.717) is 0 Å². The van der Waals surface area contributed by atoms with Crippen LogP contribution in [0.4, 0.5) is 0 Å². The molecule has 0 rings (SSSR count). The first kappa shape index (κ1) is 21.4. The van der Waals surface area contributed by atoms with Gasteiger partial charge in [0.1, 0.15) is 17.9 Å². The Morgan fingerprint density at radius 2 is 1.65 bits per heavy atom. The van der Waals surface area contributed by atoms with Crippen LogP contribution in [0.2, 0.25) is 0 Å². The minimum absolute atomic E-state index is 0. The van der Waals surface area contributed by atoms with Gasteiger partial charge in [-0.25, -0.2) is 0 Å². The molecule has 0 aliphatic carbocycles. The largest absolute Gasteiger partial charge is 0.391 e. The molecule has 20 heavy (non-hydrogen) atoms. The fourth-order valence-electron chi connectivity index (χ4n) is 0.892. The molecule has 0 aliphatic heterocycles. The Hall–Kier alpha value is -0.881. The summed E-state index contributed by atoms with van der Waals surface area (Å²) in [4.78, 5) is 0. The monoisotopic (exact) mass is 371 g/mol. The molecule has 0 aliphatic rings. The first-order valence-electron chi connectivity index (χ1n) is 5.01. The van der Waals surface area contributed by atoms with Crippen LogP contribution in [0.3, 0.4) is 0 Å². The second-order valence-corrected chi connectivity index (χ2v) is 4.30. The topological polar surface area (TPSA) is 162 Å². The van der Waals surface area contributed by atoms with E-state index in [4.69, 9.17) is 11.5 Å². The van der Waals surface area contributed by atoms with E-state index in [-0.39, 0.29) is 33.0 Å². The summed E-state index contributed by atoms with van der Waals surface area (Å²) in [5.41, 5.74) is 14.6. The first-order valence-corrected chi connectivity index (χ1v) is 5.83. The Morgan fingerprint density at radius 1 is 1.15 bits per heavy atom. The van der Waals surface area contributed by atoms with Crippen LogP contribution in [0.5, 0.6) is 0 Å². The average Bonchev–Trinajstić information content (AvgIpc) is 2.30. The zero-order chi connectivity index (χ0) is 15.0. The van der Waals surface area contributed by atoms with Gasteiger partial charge in [0.2, 0.25) is 0 Å². The summed E-state index contributed by atoms with van der Waals surface area (Å²) in [5.74, 6) is 0. The normalized spacial score (nSPS) is 15.9. The third-order valence-corrected chi connectivity index (χ3v) is 1.97. The van der Waals surface area contributed by atoms with Crippen LogP contribution in [-0.2, 0) is 17.1 Å². The van der Waals surface area contributed by atoms with E-state index in [1.165, 1.54) is 6.92 Å². The van der Waals surface area contributed by atoms with Gasteiger partial charge in [0, 0.05) is 17.1 Å². The standard InChI is InChI=1S/C8H16N6O3S2.Cu/c1-3(15)5(16)6(17)4(12-14-8(10)19)2-11-13-7(9)18;/h2-3,5-6,15-17H,1H3,(H3,9,13,18)(H3,10,14,19);. The number of hydrogen-bond acceptors (Lipinski definition) is 7. The summed E-state index contributed by atoms with van der Waals surface area (Å²) in [6.07, 6.45) is -3.12. The van der Waals surface area contributed by atoms with Crippen molar-refractivity contribution in [1.29, 1.82) is 0 Å². The van der Waals surface area contributed by atoms with Crippen molar-refractivity contribution < 1.29 is 32.4 Å². The van der Waals surface area contributed by atoms with Crippen LogP contribution in [-0.4, -0.2) is 55.8 Å². The Kier molecular flexibility index (Phi) is 11.6. The number of nitrogens with one attached hydrogen (secondary N) is 2. The summed E-state index contributed by atoms with van der Waals surface area (Å²) < 4.78 is 0. The molecule has 0 saturated carbocycles. The maximum Gasteiger partial charge on any atom is 0.184 e. The molecule has 0 aromatic rings. The molecular weight excluding hydrogens is 356 g/mol. The SMILES string of the molecule is CC(O)C(O)C(O)C(C=NNC(N)=S)=NNC(N)=S.[Cu]. The maximum absolute atomic E-state index is 9.78. The zero-order valence-corrected chi connectivity index (χ0v) is 12.9. The van der Waals surface area contributed by atoms with E-state index >= 15 is 0 Å². The molecule has 0 amide bonds. The number of aliphatic hydroxyl groups excluding tert-OH is 3. The minimum atomic E-state index is -1.52. The zero-order valence-electron chi connectivity index (χ0n) is 10.3. The van der Waals surface area contributed by atoms with Crippen molar-refractivity contribution in [2.45, 2.75) is 25.2 Å². The molecule has 119 valence electrons. The van der Waals surface area contributed by atoms with Crippen LogP contribution in [0.1, 0.15) is 6.92 Å². The Morgan fingerprint density at radius 3 is 2.05 bits per heavy atom. The van der Waals surface area contributed by atoms with Gasteiger partial charge in [-0.15, -0.1) is 0 Å². The molecule has 0 aromatic carbocycles. The molecule has 0 saturated heterocycles. The second-order valence-electron chi connectivity index (χ2n) is 3.42. The van der Waals surface area contributed by atoms with Crippen LogP contribution >= 0.6 is 24.4 Å². The Balaban J connectivity index is 0. The van der Waals surface area contributed by atoms with Crippen molar-refractivity contribution in [2.75, 3.05) is 0 Å². The van der Waals surface area contributed by atoms with E-state index in [9.17, 15) is 15.3 Å². The van der Waals surface area contributed by atoms with Crippen molar-refractivity contribution in [1.82, 2.24) is 10.9 Å². The molecule has 0 bridgehead atoms. The van der Waals surface area contributed by atoms with Gasteiger partial charge in [-0.3, -0.25) is 10.9 Å². The molecular formula is C8H16CuN6O3S2. The number of hydrogen-bond donors (Lipinski definition) is 7. The molecule has 1 radical (unpaired) electrons. The van der Waals surface area contributed by atoms with E-state index in [2.05, 4.69) is 45.5 Å². The predicted octanol–water partition coefficient (Wildman–Crippen LogP) is -2.91. The van der Waals surface area contributed by atoms with Crippen molar-refractivity contribution in [3.63, 3.8) is 0 Å². The Labute approximate surface area is 137 Å². The maximum atomic E-state index is 9.78. The van der Waals surface area contributed by atoms with Crippen molar-refractivity contribution in [2.24, 2.45) is 21.7 Å². The molecule has 0 heterocycles. The van der Waals surface area contributed by atoms with Crippen LogP contribution in [0, 0.1) is 0 Å². The van der Waals surface area contributed by atoms with Crippen molar-refractivity contribution in [3.05, 3.63) is 0 Å². The number of hydrazone groups is 2. The molecule has 0 spiro atoms. The van der Waals surface area contributed by atoms with Crippen molar-refractivity contribution in [3.8, 4) is 0 Å². The second kappa shape index (κ2) is 10.9. The van der Waals surface area contributed by atoms with E-state index in [1.54, 1.807) is 0 Å². The molecule has 0 fully saturated rings. The molecule has 3 unspecified atom stereocenters. The number of aliphatic hydroxyl groups is 3. The van der Waals surface area contributed by atoms with E-state index < -0.39 is 18.3 Å². The van der Waals surface area contributed by atoms with Crippen LogP contribution < -0.4 is 22.3 Å². The quantitative estimate of drug-likeness (QED) is 0.112. The summed E-state index contributed by atoms with van der Waals surface area (Å²) >= 11 is 9.05. The first-order chi connectivity index (χ1) is 8.75. The summed E-state index contributed by atoms with van der Waals surface area (Å²) in [7, 11) is 0. The fraction of sp³-hybridized carbons (Fsp3) is 0.500. The van der Waals surface area contributed by atoms with Gasteiger partial charge in [-0.05, 0) is 31.4 Å². The number of thiocarbonyl (C=S) groups is 2. The predicted molar refractivity (Wildman–Crippen MR) is 79.5 cm³/mol. The molecule has 0 aromatic heterocycles. The van der Waals surface area contributed by atoms with Gasteiger partial charge in [0.05, 0.1) is 12.3 Å². The van der Waals surface area contributed by atoms with Gasteiger partial charge >= 0.3 is 0 Å². The van der Waals surface area contributed by atoms with E-state index in [0.717, 1.165) is 6.21 Å². The number of nitrogens with two attached hydrogens (primary N) is 2. The molecule has 9 N–H and O–H groups in total. The molecule has 3 atom stereocenters. The summed E-state index contributed by atoms with van der Waals surface area (Å²) in [5, 5.41) is 35.5. The summed E-state index contributed by atoms with van der Waals surface area (Å²) in [6.45, 7) is 1.30. The molecule has 9 nitrogen and oxygen atoms in total. The summed E-state index contributed by atoms with van der Waals surface area (Å²) in [6, 6.07) is 0. The minimum Gasteiger partial charge on any atom is -0.391 e. The van der Waals surface area contributed by atoms with Gasteiger partial charge in [0.15, 0.2) is 10.2 Å².